The molecule has 4 aliphatic carbocycles. The van der Waals surface area contributed by atoms with E-state index in [1.165, 1.54) is 0 Å². The normalized spacial score (nSPS) is 62.3. The Labute approximate surface area is 113 Å². The molecule has 0 N–H and O–H groups in total. The Morgan fingerprint density at radius 2 is 1.28 bits per heavy atom. The fourth-order valence-corrected chi connectivity index (χ4v) is 7.58. The summed E-state index contributed by atoms with van der Waals surface area (Å²) in [5.41, 5.74) is 1.15. The molecule has 4 bridgehead atoms. The van der Waals surface area contributed by atoms with Crippen molar-refractivity contribution < 1.29 is 0 Å². The van der Waals surface area contributed by atoms with Gasteiger partial charge in [0.15, 0.2) is 0 Å². The molecule has 8 atom stereocenters. The first-order valence-electron chi connectivity index (χ1n) is 8.28. The van der Waals surface area contributed by atoms with Gasteiger partial charge in [-0.25, -0.2) is 0 Å². The predicted octanol–water partition coefficient (Wildman–Crippen LogP) is 4.84. The second kappa shape index (κ2) is 3.01. The van der Waals surface area contributed by atoms with Gasteiger partial charge in [-0.15, -0.1) is 0 Å². The summed E-state index contributed by atoms with van der Waals surface area (Å²) in [5, 5.41) is 0. The van der Waals surface area contributed by atoms with Gasteiger partial charge in [0.05, 0.1) is 0 Å². The molecule has 0 aromatic rings. The average molecular weight is 246 g/mol. The van der Waals surface area contributed by atoms with Crippen LogP contribution in [0.3, 0.4) is 0 Å². The minimum atomic E-state index is 0.572. The molecular formula is C18H30. The van der Waals surface area contributed by atoms with E-state index in [2.05, 4.69) is 41.5 Å². The first-order valence-corrected chi connectivity index (χ1v) is 8.28. The van der Waals surface area contributed by atoms with Gasteiger partial charge >= 0.3 is 0 Å². The first kappa shape index (κ1) is 11.8. The van der Waals surface area contributed by atoms with E-state index in [1.807, 2.05) is 0 Å². The fourth-order valence-electron chi connectivity index (χ4n) is 7.58. The summed E-state index contributed by atoms with van der Waals surface area (Å²) in [6.07, 6.45) is 3.11. The highest BCUT2D eigenvalue weighted by atomic mass is 14.8. The third kappa shape index (κ3) is 0.967. The standard InChI is InChI=1S/C18H30/c1-9-7-11-10(2)14(9)16-13-8-12(15(11)16)17(3,4)18(13,5)6/h9-16H,7-8H2,1-6H3. The lowest BCUT2D eigenvalue weighted by atomic mass is 9.51. The summed E-state index contributed by atoms with van der Waals surface area (Å²) >= 11 is 0. The van der Waals surface area contributed by atoms with Gasteiger partial charge in [0.2, 0.25) is 0 Å². The molecule has 0 heterocycles. The van der Waals surface area contributed by atoms with Gasteiger partial charge in [0.1, 0.15) is 0 Å². The molecule has 4 aliphatic rings. The van der Waals surface area contributed by atoms with Crippen molar-refractivity contribution in [2.75, 3.05) is 0 Å². The van der Waals surface area contributed by atoms with Crippen LogP contribution in [0.4, 0.5) is 0 Å². The molecule has 4 rings (SSSR count). The number of hydrogen-bond donors (Lipinski definition) is 0. The Morgan fingerprint density at radius 1 is 0.722 bits per heavy atom. The Kier molecular flexibility index (Phi) is 1.98. The SMILES string of the molecule is CC1CC2C(C)C1C1C2C2CC1C(C)(C)C2(C)C. The van der Waals surface area contributed by atoms with Crippen LogP contribution in [-0.4, -0.2) is 0 Å². The second-order valence-electron chi connectivity index (χ2n) is 9.36. The van der Waals surface area contributed by atoms with Crippen LogP contribution in [0.1, 0.15) is 54.4 Å². The van der Waals surface area contributed by atoms with Crippen LogP contribution >= 0.6 is 0 Å². The van der Waals surface area contributed by atoms with E-state index < -0.39 is 0 Å². The predicted molar refractivity (Wildman–Crippen MR) is 76.1 cm³/mol. The molecule has 102 valence electrons. The van der Waals surface area contributed by atoms with E-state index in [4.69, 9.17) is 0 Å². The summed E-state index contributed by atoms with van der Waals surface area (Å²) in [6.45, 7) is 15.4. The summed E-state index contributed by atoms with van der Waals surface area (Å²) in [7, 11) is 0. The van der Waals surface area contributed by atoms with E-state index in [9.17, 15) is 0 Å². The molecule has 0 spiro atoms. The summed E-state index contributed by atoms with van der Waals surface area (Å²) < 4.78 is 0. The minimum Gasteiger partial charge on any atom is -0.0622 e. The van der Waals surface area contributed by atoms with Crippen molar-refractivity contribution in [1.82, 2.24) is 0 Å². The van der Waals surface area contributed by atoms with E-state index in [-0.39, 0.29) is 0 Å². The maximum Gasteiger partial charge on any atom is -0.0269 e. The maximum atomic E-state index is 2.58. The van der Waals surface area contributed by atoms with Gasteiger partial charge in [-0.1, -0.05) is 41.5 Å². The van der Waals surface area contributed by atoms with Crippen molar-refractivity contribution in [2.45, 2.75) is 54.4 Å². The van der Waals surface area contributed by atoms with Crippen molar-refractivity contribution in [1.29, 1.82) is 0 Å². The molecule has 0 heteroatoms. The molecule has 18 heavy (non-hydrogen) atoms. The lowest BCUT2D eigenvalue weighted by molar-refractivity contribution is -0.0590. The fraction of sp³-hybridized carbons (Fsp3) is 1.00. The highest BCUT2D eigenvalue weighted by Crippen LogP contribution is 2.78. The second-order valence-corrected chi connectivity index (χ2v) is 9.36. The zero-order chi connectivity index (χ0) is 13.0. The summed E-state index contributed by atoms with van der Waals surface area (Å²) in [4.78, 5) is 0. The molecule has 8 unspecified atom stereocenters. The highest BCUT2D eigenvalue weighted by molar-refractivity contribution is 5.20. The third-order valence-electron chi connectivity index (χ3n) is 8.92. The molecule has 0 aromatic heterocycles. The van der Waals surface area contributed by atoms with Crippen molar-refractivity contribution in [2.24, 2.45) is 58.2 Å². The molecule has 0 nitrogen and oxygen atoms in total. The summed E-state index contributed by atoms with van der Waals surface area (Å²) in [5.74, 6) is 8.48. The molecule has 0 radical (unpaired) electrons. The molecule has 0 saturated heterocycles. The van der Waals surface area contributed by atoms with E-state index >= 15 is 0 Å². The van der Waals surface area contributed by atoms with Gasteiger partial charge in [-0.2, -0.15) is 0 Å². The zero-order valence-corrected chi connectivity index (χ0v) is 13.0. The average Bonchev–Trinajstić information content (AvgIpc) is 2.88. The molecule has 4 fully saturated rings. The van der Waals surface area contributed by atoms with Gasteiger partial charge in [-0.05, 0) is 71.0 Å². The van der Waals surface area contributed by atoms with Gasteiger partial charge in [-0.3, -0.25) is 0 Å². The van der Waals surface area contributed by atoms with Crippen molar-refractivity contribution in [3.05, 3.63) is 0 Å². The largest absolute Gasteiger partial charge is 0.0622 e. The van der Waals surface area contributed by atoms with Crippen LogP contribution in [-0.2, 0) is 0 Å². The number of rotatable bonds is 0. The molecule has 0 amide bonds. The third-order valence-corrected chi connectivity index (χ3v) is 8.92. The van der Waals surface area contributed by atoms with Crippen LogP contribution in [0.25, 0.3) is 0 Å². The van der Waals surface area contributed by atoms with Crippen molar-refractivity contribution >= 4 is 0 Å². The Bertz CT molecular complexity index is 389. The summed E-state index contributed by atoms with van der Waals surface area (Å²) in [6, 6.07) is 0. The van der Waals surface area contributed by atoms with Crippen LogP contribution in [0, 0.1) is 58.2 Å². The van der Waals surface area contributed by atoms with Crippen LogP contribution < -0.4 is 0 Å². The van der Waals surface area contributed by atoms with Gasteiger partial charge in [0, 0.05) is 0 Å². The maximum absolute atomic E-state index is 2.58. The molecule has 4 saturated carbocycles. The Morgan fingerprint density at radius 3 is 1.89 bits per heavy atom. The highest BCUT2D eigenvalue weighted by Gasteiger charge is 2.73. The van der Waals surface area contributed by atoms with E-state index in [0.29, 0.717) is 10.8 Å². The topological polar surface area (TPSA) is 0 Å². The van der Waals surface area contributed by atoms with E-state index in [0.717, 1.165) is 47.3 Å². The van der Waals surface area contributed by atoms with Gasteiger partial charge < -0.3 is 0 Å². The van der Waals surface area contributed by atoms with E-state index in [1.54, 1.807) is 12.8 Å². The molecule has 0 aromatic carbocycles. The Balaban J connectivity index is 1.80. The zero-order valence-electron chi connectivity index (χ0n) is 13.0. The van der Waals surface area contributed by atoms with Crippen molar-refractivity contribution in [3.63, 3.8) is 0 Å². The smallest absolute Gasteiger partial charge is 0.0269 e. The van der Waals surface area contributed by atoms with Gasteiger partial charge in [0.25, 0.3) is 0 Å². The van der Waals surface area contributed by atoms with Crippen LogP contribution in [0.2, 0.25) is 0 Å². The lowest BCUT2D eigenvalue weighted by Crippen LogP contribution is -2.48. The minimum absolute atomic E-state index is 0.572. The van der Waals surface area contributed by atoms with Crippen LogP contribution in [0.15, 0.2) is 0 Å². The number of hydrogen-bond acceptors (Lipinski definition) is 0. The molecule has 0 aliphatic heterocycles. The quantitative estimate of drug-likeness (QED) is 0.536. The van der Waals surface area contributed by atoms with Crippen molar-refractivity contribution in [3.8, 4) is 0 Å². The Hall–Kier alpha value is 0. The lowest BCUT2D eigenvalue weighted by Gasteiger charge is -2.54. The first-order chi connectivity index (χ1) is 8.28. The number of fused-ring (bicyclic) bond motifs is 9. The van der Waals surface area contributed by atoms with Crippen LogP contribution in [0.5, 0.6) is 0 Å². The monoisotopic (exact) mass is 246 g/mol. The molecular weight excluding hydrogens is 216 g/mol.